The molecule has 222 valence electrons. The van der Waals surface area contributed by atoms with E-state index in [0.29, 0.717) is 22.0 Å². The Labute approximate surface area is 255 Å². The maximum atomic E-state index is 12.7. The highest BCUT2D eigenvalue weighted by molar-refractivity contribution is 7.99. The van der Waals surface area contributed by atoms with E-state index in [2.05, 4.69) is 12.2 Å². The van der Waals surface area contributed by atoms with Gasteiger partial charge in [-0.1, -0.05) is 79.3 Å². The molecule has 43 heavy (non-hydrogen) atoms. The number of anilines is 1. The van der Waals surface area contributed by atoms with Gasteiger partial charge in [0.2, 0.25) is 5.91 Å². The maximum Gasteiger partial charge on any atom is 0.251 e. The van der Waals surface area contributed by atoms with Crippen molar-refractivity contribution >= 4 is 29.1 Å². The van der Waals surface area contributed by atoms with Crippen molar-refractivity contribution in [2.75, 3.05) is 11.1 Å². The number of aliphatic hydroxyl groups is 1. The van der Waals surface area contributed by atoms with Gasteiger partial charge in [-0.25, -0.2) is 0 Å². The number of aromatic nitrogens is 1. The average molecular weight is 599 g/mol. The summed E-state index contributed by atoms with van der Waals surface area (Å²) in [5, 5.41) is 25.2. The Hall–Kier alpha value is -4.02. The molecule has 2 N–H and O–H groups in total. The van der Waals surface area contributed by atoms with Crippen LogP contribution in [0.2, 0.25) is 0 Å². The Kier molecular flexibility index (Phi) is 9.89. The van der Waals surface area contributed by atoms with Crippen LogP contribution in [-0.2, 0) is 27.3 Å². The number of nitrogens with zero attached hydrogens (tertiary/aromatic N) is 1. The number of pyridine rings is 1. The van der Waals surface area contributed by atoms with Crippen LogP contribution in [0, 0.1) is 11.1 Å². The van der Waals surface area contributed by atoms with Gasteiger partial charge < -0.3 is 25.1 Å². The van der Waals surface area contributed by atoms with Gasteiger partial charge in [-0.2, -0.15) is 4.73 Å². The standard InChI is InChI=1S/C34H34N2O6S/c1-22-30(21-43-32-8-3-4-17-36(32)40)41-34(42-33(22)26-13-11-25(20-37)12-14-26)27-15-9-24(10-16-27)18-31(39)35-29-7-5-6-28(19-29)23(2)38/h3-17,19,22,30,33-34,37H,18,20-21H2,1-2H3,(H,35,39). The monoisotopic (exact) mass is 598 g/mol. The first kappa shape index (κ1) is 30.4. The molecule has 0 bridgehead atoms. The number of ketones is 1. The fourth-order valence-corrected chi connectivity index (χ4v) is 6.08. The molecule has 4 atom stereocenters. The second kappa shape index (κ2) is 14.0. The van der Waals surface area contributed by atoms with Crippen LogP contribution in [0.4, 0.5) is 5.69 Å². The lowest BCUT2D eigenvalue weighted by atomic mass is 9.91. The Bertz CT molecular complexity index is 1560. The molecule has 8 nitrogen and oxygen atoms in total. The molecule has 1 saturated heterocycles. The molecule has 0 aliphatic carbocycles. The van der Waals surface area contributed by atoms with E-state index in [1.165, 1.54) is 24.9 Å². The zero-order valence-corrected chi connectivity index (χ0v) is 24.8. The first-order chi connectivity index (χ1) is 20.8. The molecular formula is C34H34N2O6S. The number of hydrogen-bond acceptors (Lipinski definition) is 7. The second-order valence-corrected chi connectivity index (χ2v) is 11.6. The zero-order valence-electron chi connectivity index (χ0n) is 24.0. The Morgan fingerprint density at radius 3 is 2.35 bits per heavy atom. The van der Waals surface area contributed by atoms with E-state index in [1.54, 1.807) is 36.4 Å². The van der Waals surface area contributed by atoms with Crippen molar-refractivity contribution in [2.24, 2.45) is 5.92 Å². The summed E-state index contributed by atoms with van der Waals surface area (Å²) < 4.78 is 13.8. The molecule has 0 spiro atoms. The highest BCUT2D eigenvalue weighted by Gasteiger charge is 2.38. The molecule has 4 aromatic rings. The Morgan fingerprint density at radius 1 is 0.930 bits per heavy atom. The summed E-state index contributed by atoms with van der Waals surface area (Å²) in [7, 11) is 0. The lowest BCUT2D eigenvalue weighted by Crippen LogP contribution is -2.39. The molecular weight excluding hydrogens is 564 g/mol. The lowest BCUT2D eigenvalue weighted by molar-refractivity contribution is -0.645. The fourth-order valence-electron chi connectivity index (χ4n) is 5.00. The van der Waals surface area contributed by atoms with Gasteiger partial charge in [0.1, 0.15) is 0 Å². The van der Waals surface area contributed by atoms with E-state index in [9.17, 15) is 19.9 Å². The molecule has 1 aliphatic heterocycles. The number of amides is 1. The zero-order chi connectivity index (χ0) is 30.3. The van der Waals surface area contributed by atoms with Crippen LogP contribution in [0.3, 0.4) is 0 Å². The van der Waals surface area contributed by atoms with Crippen LogP contribution in [0.1, 0.15) is 58.9 Å². The molecule has 0 radical (unpaired) electrons. The Morgan fingerprint density at radius 2 is 1.65 bits per heavy atom. The van der Waals surface area contributed by atoms with Gasteiger partial charge in [0.05, 0.1) is 25.2 Å². The number of rotatable bonds is 10. The summed E-state index contributed by atoms with van der Waals surface area (Å²) in [5.41, 5.74) is 4.55. The largest absolute Gasteiger partial charge is 0.618 e. The van der Waals surface area contributed by atoms with Crippen molar-refractivity contribution in [1.29, 1.82) is 0 Å². The highest BCUT2D eigenvalue weighted by atomic mass is 32.2. The highest BCUT2D eigenvalue weighted by Crippen LogP contribution is 2.42. The summed E-state index contributed by atoms with van der Waals surface area (Å²) >= 11 is 1.44. The molecule has 9 heteroatoms. The minimum Gasteiger partial charge on any atom is -0.618 e. The number of aliphatic hydroxyl groups excluding tert-OH is 1. The van der Waals surface area contributed by atoms with Crippen molar-refractivity contribution in [1.82, 2.24) is 0 Å². The van der Waals surface area contributed by atoms with Gasteiger partial charge in [0.25, 0.3) is 5.03 Å². The number of carbonyl (C=O) groups is 2. The number of nitrogens with one attached hydrogen (secondary N) is 1. The van der Waals surface area contributed by atoms with Gasteiger partial charge in [-0.05, 0) is 41.8 Å². The molecule has 0 saturated carbocycles. The third-order valence-electron chi connectivity index (χ3n) is 7.48. The van der Waals surface area contributed by atoms with Crippen LogP contribution in [-0.4, -0.2) is 28.7 Å². The number of Topliss-reactive ketones (excluding diaryl/α,β-unsaturated/α-hetero) is 1. The number of benzene rings is 3. The molecule has 2 heterocycles. The van der Waals surface area contributed by atoms with Crippen molar-refractivity contribution in [3.05, 3.63) is 130 Å². The molecule has 1 aliphatic rings. The van der Waals surface area contributed by atoms with Crippen LogP contribution in [0.5, 0.6) is 0 Å². The average Bonchev–Trinajstić information content (AvgIpc) is 3.02. The predicted molar refractivity (Wildman–Crippen MR) is 164 cm³/mol. The smallest absolute Gasteiger partial charge is 0.251 e. The topological polar surface area (TPSA) is 112 Å². The van der Waals surface area contributed by atoms with E-state index in [-0.39, 0.29) is 42.8 Å². The van der Waals surface area contributed by atoms with Crippen molar-refractivity contribution < 1.29 is 28.9 Å². The summed E-state index contributed by atoms with van der Waals surface area (Å²) in [4.78, 5) is 24.4. The van der Waals surface area contributed by atoms with Crippen molar-refractivity contribution in [2.45, 2.75) is 50.4 Å². The van der Waals surface area contributed by atoms with Gasteiger partial charge in [-0.3, -0.25) is 9.59 Å². The van der Waals surface area contributed by atoms with Crippen LogP contribution in [0.25, 0.3) is 0 Å². The number of ether oxygens (including phenoxy) is 2. The molecule has 1 aromatic heterocycles. The summed E-state index contributed by atoms with van der Waals surface area (Å²) in [5.74, 6) is 0.291. The van der Waals surface area contributed by atoms with Gasteiger partial charge in [0, 0.05) is 40.6 Å². The summed E-state index contributed by atoms with van der Waals surface area (Å²) in [6.07, 6.45) is 0.498. The number of hydrogen-bond donors (Lipinski definition) is 2. The normalized spacial score (nSPS) is 20.0. The quantitative estimate of drug-likeness (QED) is 0.103. The van der Waals surface area contributed by atoms with Gasteiger partial charge in [0.15, 0.2) is 18.3 Å². The van der Waals surface area contributed by atoms with E-state index >= 15 is 0 Å². The number of carbonyl (C=O) groups excluding carboxylic acids is 2. The van der Waals surface area contributed by atoms with Gasteiger partial charge in [-0.15, -0.1) is 0 Å². The van der Waals surface area contributed by atoms with E-state index in [0.717, 1.165) is 27.0 Å². The first-order valence-corrected chi connectivity index (χ1v) is 15.1. The third kappa shape index (κ3) is 7.69. The summed E-state index contributed by atoms with van der Waals surface area (Å²) in [6, 6.07) is 27.5. The van der Waals surface area contributed by atoms with Crippen molar-refractivity contribution in [3.63, 3.8) is 0 Å². The Balaban J connectivity index is 1.30. The molecule has 5 rings (SSSR count). The van der Waals surface area contributed by atoms with Crippen LogP contribution < -0.4 is 10.0 Å². The van der Waals surface area contributed by atoms with Crippen LogP contribution >= 0.6 is 11.8 Å². The second-order valence-electron chi connectivity index (χ2n) is 10.6. The van der Waals surface area contributed by atoms with E-state index in [4.69, 9.17) is 9.47 Å². The van der Waals surface area contributed by atoms with Crippen LogP contribution in [0.15, 0.2) is 102 Å². The maximum absolute atomic E-state index is 12.7. The molecule has 4 unspecified atom stereocenters. The third-order valence-corrected chi connectivity index (χ3v) is 8.58. The summed E-state index contributed by atoms with van der Waals surface area (Å²) in [6.45, 7) is 3.54. The first-order valence-electron chi connectivity index (χ1n) is 14.1. The molecule has 1 amide bonds. The van der Waals surface area contributed by atoms with Crippen molar-refractivity contribution in [3.8, 4) is 0 Å². The van der Waals surface area contributed by atoms with Gasteiger partial charge >= 0.3 is 0 Å². The molecule has 3 aromatic carbocycles. The molecule has 1 fully saturated rings. The minimum atomic E-state index is -0.656. The predicted octanol–water partition coefficient (Wildman–Crippen LogP) is 5.78. The fraction of sp³-hybridized carbons (Fsp3) is 0.265. The minimum absolute atomic E-state index is 0.0167. The van der Waals surface area contributed by atoms with E-state index < -0.39 is 6.29 Å². The van der Waals surface area contributed by atoms with E-state index in [1.807, 2.05) is 54.6 Å². The SMILES string of the molecule is CC(=O)c1cccc(NC(=O)Cc2ccc(C3OC(CSc4cccc[n+]4[O-])C(C)C(c4ccc(CO)cc4)O3)cc2)c1. The lowest BCUT2D eigenvalue weighted by Gasteiger charge is -2.41. The number of thioether (sulfide) groups is 1.